The van der Waals surface area contributed by atoms with Gasteiger partial charge >= 0.3 is 0 Å². The quantitative estimate of drug-likeness (QED) is 0.195. The highest BCUT2D eigenvalue weighted by atomic mass is 14.8. The summed E-state index contributed by atoms with van der Waals surface area (Å²) in [7, 11) is 0. The Kier molecular flexibility index (Phi) is 7.15. The summed E-state index contributed by atoms with van der Waals surface area (Å²) in [5.74, 6) is 13.1. The average Bonchev–Trinajstić information content (AvgIpc) is 2.96. The summed E-state index contributed by atoms with van der Waals surface area (Å²) < 4.78 is 0. The van der Waals surface area contributed by atoms with Gasteiger partial charge in [-0.25, -0.2) is 4.99 Å². The van der Waals surface area contributed by atoms with E-state index in [1.165, 1.54) is 0 Å². The molecule has 0 aromatic heterocycles. The molecule has 0 bridgehead atoms. The molecule has 0 N–H and O–H groups in total. The molecule has 0 saturated heterocycles. The van der Waals surface area contributed by atoms with Gasteiger partial charge in [0, 0.05) is 27.8 Å². The molecule has 0 amide bonds. The highest BCUT2D eigenvalue weighted by Crippen LogP contribution is 2.24. The Balaban J connectivity index is 1.65. The van der Waals surface area contributed by atoms with Crippen LogP contribution in [0.1, 0.15) is 33.4 Å². The first-order valence-corrected chi connectivity index (χ1v) is 11.8. The molecular weight excluding hydrogens is 434 g/mol. The minimum Gasteiger partial charge on any atom is -0.246 e. The summed E-state index contributed by atoms with van der Waals surface area (Å²) >= 11 is 0. The number of hydrogen-bond acceptors (Lipinski definition) is 1. The molecule has 0 saturated carbocycles. The molecule has 5 aromatic rings. The van der Waals surface area contributed by atoms with Crippen molar-refractivity contribution in [1.29, 1.82) is 0 Å². The Bertz CT molecular complexity index is 1550. The van der Waals surface area contributed by atoms with Gasteiger partial charge in [0.05, 0.1) is 17.0 Å². The zero-order valence-corrected chi connectivity index (χ0v) is 19.7. The van der Waals surface area contributed by atoms with Crippen LogP contribution in [0.4, 0.5) is 5.69 Å². The van der Waals surface area contributed by atoms with Crippen LogP contribution >= 0.6 is 0 Å². The molecule has 0 atom stereocenters. The van der Waals surface area contributed by atoms with Crippen molar-refractivity contribution in [3.05, 3.63) is 173 Å². The van der Waals surface area contributed by atoms with E-state index in [2.05, 4.69) is 47.9 Å². The molecule has 0 unspecified atom stereocenters. The lowest BCUT2D eigenvalue weighted by Crippen LogP contribution is -2.03. The minimum atomic E-state index is 0.793. The van der Waals surface area contributed by atoms with Crippen molar-refractivity contribution in [3.63, 3.8) is 0 Å². The summed E-state index contributed by atoms with van der Waals surface area (Å²) in [6, 6.07) is 46.5. The molecule has 0 heterocycles. The van der Waals surface area contributed by atoms with Crippen LogP contribution in [0.2, 0.25) is 0 Å². The fourth-order valence-electron chi connectivity index (χ4n) is 3.74. The third kappa shape index (κ3) is 5.87. The molecule has 0 fully saturated rings. The van der Waals surface area contributed by atoms with Gasteiger partial charge in [0.2, 0.25) is 0 Å². The van der Waals surface area contributed by atoms with Gasteiger partial charge in [-0.15, -0.1) is 0 Å². The van der Waals surface area contributed by atoms with E-state index in [9.17, 15) is 0 Å². The van der Waals surface area contributed by atoms with Crippen molar-refractivity contribution in [2.24, 2.45) is 4.99 Å². The molecule has 36 heavy (non-hydrogen) atoms. The summed E-state index contributed by atoms with van der Waals surface area (Å²) in [4.78, 5) is 5.17. The zero-order valence-electron chi connectivity index (χ0n) is 19.7. The predicted molar refractivity (Wildman–Crippen MR) is 149 cm³/mol. The van der Waals surface area contributed by atoms with E-state index in [1.807, 2.05) is 115 Å². The van der Waals surface area contributed by atoms with Gasteiger partial charge in [-0.3, -0.25) is 0 Å². The molecule has 0 spiro atoms. The Morgan fingerprint density at radius 3 is 1.39 bits per heavy atom. The second kappa shape index (κ2) is 11.3. The molecule has 1 heteroatoms. The number of benzene rings is 5. The highest BCUT2D eigenvalue weighted by Gasteiger charge is 2.09. The second-order valence-corrected chi connectivity index (χ2v) is 8.16. The molecule has 0 aliphatic heterocycles. The normalized spacial score (nSPS) is 9.78. The molecule has 5 aromatic carbocycles. The first kappa shape index (κ1) is 22.7. The summed E-state index contributed by atoms with van der Waals surface area (Å²) in [6.07, 6.45) is 0. The average molecular weight is 458 g/mol. The Morgan fingerprint density at radius 1 is 0.417 bits per heavy atom. The maximum atomic E-state index is 5.17. The van der Waals surface area contributed by atoms with Gasteiger partial charge in [0.15, 0.2) is 0 Å². The van der Waals surface area contributed by atoms with Crippen LogP contribution in [-0.2, 0) is 0 Å². The first-order valence-electron chi connectivity index (χ1n) is 11.8. The Morgan fingerprint density at radius 2 is 0.861 bits per heavy atom. The molecule has 0 aliphatic rings. The molecule has 1 nitrogen and oxygen atoms in total. The first-order chi connectivity index (χ1) is 17.8. The molecule has 0 radical (unpaired) electrons. The maximum Gasteiger partial charge on any atom is 0.0806 e. The fourth-order valence-corrected chi connectivity index (χ4v) is 3.74. The minimum absolute atomic E-state index is 0.793. The SMILES string of the molecule is C(#Cc1ccc(C#Cc2ccccc2)c(N=C(c2ccccc2)c2ccccc2)c1)c1ccccc1. The van der Waals surface area contributed by atoms with Crippen LogP contribution in [0.3, 0.4) is 0 Å². The van der Waals surface area contributed by atoms with Gasteiger partial charge in [0.1, 0.15) is 0 Å². The third-order valence-corrected chi connectivity index (χ3v) is 5.56. The lowest BCUT2D eigenvalue weighted by molar-refractivity contribution is 1.44. The fraction of sp³-hybridized carbons (Fsp3) is 0. The largest absolute Gasteiger partial charge is 0.246 e. The third-order valence-electron chi connectivity index (χ3n) is 5.56. The van der Waals surface area contributed by atoms with Gasteiger partial charge in [-0.05, 0) is 42.5 Å². The predicted octanol–water partition coefficient (Wildman–Crippen LogP) is 7.66. The standard InChI is InChI=1S/C35H23N/c1-5-13-28(14-6-1)21-22-30-24-26-31(25-23-29-15-7-2-8-16-29)34(27-30)36-35(32-17-9-3-10-18-32)33-19-11-4-12-20-33/h1-20,24,26-27H. The second-order valence-electron chi connectivity index (χ2n) is 8.16. The van der Waals surface area contributed by atoms with Crippen molar-refractivity contribution in [1.82, 2.24) is 0 Å². The van der Waals surface area contributed by atoms with Crippen LogP contribution in [0.15, 0.2) is 145 Å². The number of hydrogen-bond donors (Lipinski definition) is 0. The maximum absolute atomic E-state index is 5.17. The van der Waals surface area contributed by atoms with Crippen molar-refractivity contribution < 1.29 is 0 Å². The molecule has 5 rings (SSSR count). The lowest BCUT2D eigenvalue weighted by atomic mass is 10.0. The van der Waals surface area contributed by atoms with Gasteiger partial charge < -0.3 is 0 Å². The van der Waals surface area contributed by atoms with Crippen molar-refractivity contribution in [2.75, 3.05) is 0 Å². The number of aliphatic imine (C=N–C) groups is 1. The number of nitrogens with zero attached hydrogens (tertiary/aromatic N) is 1. The van der Waals surface area contributed by atoms with E-state index in [-0.39, 0.29) is 0 Å². The van der Waals surface area contributed by atoms with E-state index in [0.29, 0.717) is 0 Å². The van der Waals surface area contributed by atoms with E-state index >= 15 is 0 Å². The van der Waals surface area contributed by atoms with Crippen molar-refractivity contribution in [2.45, 2.75) is 0 Å². The van der Waals surface area contributed by atoms with Crippen LogP contribution in [0.5, 0.6) is 0 Å². The van der Waals surface area contributed by atoms with Gasteiger partial charge in [0.25, 0.3) is 0 Å². The summed E-state index contributed by atoms with van der Waals surface area (Å²) in [5.41, 5.74) is 7.47. The topological polar surface area (TPSA) is 12.4 Å². The molecule has 0 aliphatic carbocycles. The van der Waals surface area contributed by atoms with Crippen molar-refractivity contribution >= 4 is 11.4 Å². The Labute approximate surface area is 212 Å². The van der Waals surface area contributed by atoms with E-state index in [1.54, 1.807) is 0 Å². The summed E-state index contributed by atoms with van der Waals surface area (Å²) in [6.45, 7) is 0. The monoisotopic (exact) mass is 457 g/mol. The Hall–Kier alpha value is -5.11. The smallest absolute Gasteiger partial charge is 0.0806 e. The van der Waals surface area contributed by atoms with Gasteiger partial charge in [-0.1, -0.05) is 121 Å². The van der Waals surface area contributed by atoms with Crippen molar-refractivity contribution in [3.8, 4) is 23.7 Å². The molecular formula is C35H23N. The summed E-state index contributed by atoms with van der Waals surface area (Å²) in [5, 5.41) is 0. The van der Waals surface area contributed by atoms with Crippen LogP contribution < -0.4 is 0 Å². The zero-order chi connectivity index (χ0) is 24.4. The highest BCUT2D eigenvalue weighted by molar-refractivity contribution is 6.14. The van der Waals surface area contributed by atoms with Crippen LogP contribution in [0.25, 0.3) is 0 Å². The molecule has 168 valence electrons. The van der Waals surface area contributed by atoms with Crippen LogP contribution in [0, 0.1) is 23.7 Å². The van der Waals surface area contributed by atoms with E-state index in [4.69, 9.17) is 4.99 Å². The van der Waals surface area contributed by atoms with E-state index < -0.39 is 0 Å². The van der Waals surface area contributed by atoms with Gasteiger partial charge in [-0.2, -0.15) is 0 Å². The van der Waals surface area contributed by atoms with Crippen LogP contribution in [-0.4, -0.2) is 5.71 Å². The number of rotatable bonds is 3. The lowest BCUT2D eigenvalue weighted by Gasteiger charge is -2.09. The van der Waals surface area contributed by atoms with E-state index in [0.717, 1.165) is 44.8 Å².